The van der Waals surface area contributed by atoms with E-state index in [1.807, 2.05) is 11.3 Å². The SMILES string of the molecule is CCc1cc2c(s1)CCNC2CO. The number of aryl methyl sites for hydroxylation is 1. The molecule has 3 heteroatoms. The van der Waals surface area contributed by atoms with E-state index in [0.717, 1.165) is 19.4 Å². The van der Waals surface area contributed by atoms with Gasteiger partial charge in [-0.2, -0.15) is 0 Å². The molecule has 2 rings (SSSR count). The van der Waals surface area contributed by atoms with Gasteiger partial charge in [0.2, 0.25) is 0 Å². The number of hydrogen-bond donors (Lipinski definition) is 2. The van der Waals surface area contributed by atoms with Crippen LogP contribution >= 0.6 is 11.3 Å². The number of aliphatic hydroxyl groups is 1. The highest BCUT2D eigenvalue weighted by molar-refractivity contribution is 7.12. The molecular formula is C10H15NOS. The minimum absolute atomic E-state index is 0.181. The first-order valence-electron chi connectivity index (χ1n) is 4.81. The molecule has 13 heavy (non-hydrogen) atoms. The second-order valence-electron chi connectivity index (χ2n) is 3.38. The number of hydrogen-bond acceptors (Lipinski definition) is 3. The van der Waals surface area contributed by atoms with Crippen LogP contribution in [-0.4, -0.2) is 18.3 Å². The summed E-state index contributed by atoms with van der Waals surface area (Å²) in [6.45, 7) is 3.40. The van der Waals surface area contributed by atoms with Crippen LogP contribution in [0.3, 0.4) is 0 Å². The molecule has 1 unspecified atom stereocenters. The summed E-state index contributed by atoms with van der Waals surface area (Å²) in [7, 11) is 0. The minimum Gasteiger partial charge on any atom is -0.394 e. The van der Waals surface area contributed by atoms with Gasteiger partial charge in [-0.25, -0.2) is 0 Å². The Morgan fingerprint density at radius 2 is 2.54 bits per heavy atom. The number of fused-ring (bicyclic) bond motifs is 1. The van der Waals surface area contributed by atoms with Crippen molar-refractivity contribution in [2.75, 3.05) is 13.2 Å². The zero-order valence-electron chi connectivity index (χ0n) is 7.84. The van der Waals surface area contributed by atoms with E-state index >= 15 is 0 Å². The van der Waals surface area contributed by atoms with Gasteiger partial charge in [-0.1, -0.05) is 6.92 Å². The van der Waals surface area contributed by atoms with Crippen LogP contribution in [-0.2, 0) is 12.8 Å². The zero-order chi connectivity index (χ0) is 9.26. The molecular weight excluding hydrogens is 182 g/mol. The first kappa shape index (κ1) is 9.19. The predicted octanol–water partition coefficient (Wildman–Crippen LogP) is 1.49. The summed E-state index contributed by atoms with van der Waals surface area (Å²) in [4.78, 5) is 2.90. The smallest absolute Gasteiger partial charge is 0.0626 e. The van der Waals surface area contributed by atoms with Crippen LogP contribution in [0.2, 0.25) is 0 Å². The van der Waals surface area contributed by atoms with Crippen LogP contribution in [0, 0.1) is 0 Å². The highest BCUT2D eigenvalue weighted by Crippen LogP contribution is 2.30. The highest BCUT2D eigenvalue weighted by Gasteiger charge is 2.20. The number of rotatable bonds is 2. The molecule has 0 radical (unpaired) electrons. The first-order valence-corrected chi connectivity index (χ1v) is 5.62. The van der Waals surface area contributed by atoms with Crippen LogP contribution in [0.1, 0.15) is 28.3 Å². The van der Waals surface area contributed by atoms with Crippen molar-refractivity contribution in [3.63, 3.8) is 0 Å². The molecule has 0 fully saturated rings. The van der Waals surface area contributed by atoms with Crippen molar-refractivity contribution < 1.29 is 5.11 Å². The fourth-order valence-corrected chi connectivity index (χ4v) is 2.97. The largest absolute Gasteiger partial charge is 0.394 e. The maximum absolute atomic E-state index is 9.16. The second kappa shape index (κ2) is 3.78. The van der Waals surface area contributed by atoms with E-state index < -0.39 is 0 Å². The van der Waals surface area contributed by atoms with Gasteiger partial charge >= 0.3 is 0 Å². The monoisotopic (exact) mass is 197 g/mol. The van der Waals surface area contributed by atoms with E-state index in [4.69, 9.17) is 5.11 Å². The van der Waals surface area contributed by atoms with Crippen molar-refractivity contribution in [1.82, 2.24) is 5.32 Å². The summed E-state index contributed by atoms with van der Waals surface area (Å²) in [5.74, 6) is 0. The Morgan fingerprint density at radius 3 is 3.23 bits per heavy atom. The Bertz CT molecular complexity index is 295. The Morgan fingerprint density at radius 1 is 1.69 bits per heavy atom. The summed E-state index contributed by atoms with van der Waals surface area (Å²) in [6, 6.07) is 2.42. The van der Waals surface area contributed by atoms with Gasteiger partial charge in [-0.05, 0) is 24.5 Å². The van der Waals surface area contributed by atoms with Gasteiger partial charge in [0.25, 0.3) is 0 Å². The van der Waals surface area contributed by atoms with E-state index in [0.29, 0.717) is 0 Å². The van der Waals surface area contributed by atoms with E-state index in [2.05, 4.69) is 18.3 Å². The molecule has 1 aliphatic rings. The molecule has 2 nitrogen and oxygen atoms in total. The molecule has 0 spiro atoms. The van der Waals surface area contributed by atoms with Gasteiger partial charge < -0.3 is 10.4 Å². The molecule has 0 bridgehead atoms. The Hall–Kier alpha value is -0.380. The lowest BCUT2D eigenvalue weighted by molar-refractivity contribution is 0.241. The third-order valence-corrected chi connectivity index (χ3v) is 3.90. The molecule has 0 saturated heterocycles. The van der Waals surface area contributed by atoms with Gasteiger partial charge in [0.15, 0.2) is 0 Å². The average Bonchev–Trinajstić information content (AvgIpc) is 2.59. The van der Waals surface area contributed by atoms with Gasteiger partial charge in [0, 0.05) is 16.3 Å². The quantitative estimate of drug-likeness (QED) is 0.753. The standard InChI is InChI=1S/C10H15NOS/c1-2-7-5-8-9(6-12)11-4-3-10(8)13-7/h5,9,11-12H,2-4,6H2,1H3. The summed E-state index contributed by atoms with van der Waals surface area (Å²) < 4.78 is 0. The highest BCUT2D eigenvalue weighted by atomic mass is 32.1. The van der Waals surface area contributed by atoms with Crippen LogP contribution in [0.15, 0.2) is 6.07 Å². The van der Waals surface area contributed by atoms with Crippen LogP contribution in [0.4, 0.5) is 0 Å². The van der Waals surface area contributed by atoms with Crippen molar-refractivity contribution in [1.29, 1.82) is 0 Å². The Kier molecular flexibility index (Phi) is 2.67. The maximum atomic E-state index is 9.16. The van der Waals surface area contributed by atoms with Crippen molar-refractivity contribution in [2.24, 2.45) is 0 Å². The summed E-state index contributed by atoms with van der Waals surface area (Å²) in [5, 5.41) is 12.5. The fraction of sp³-hybridized carbons (Fsp3) is 0.600. The molecule has 2 N–H and O–H groups in total. The zero-order valence-corrected chi connectivity index (χ0v) is 8.66. The third-order valence-electron chi connectivity index (χ3n) is 2.54. The molecule has 1 atom stereocenters. The molecule has 0 saturated carbocycles. The predicted molar refractivity (Wildman–Crippen MR) is 55.2 cm³/mol. The molecule has 1 aliphatic heterocycles. The number of nitrogens with one attached hydrogen (secondary N) is 1. The van der Waals surface area contributed by atoms with Crippen LogP contribution < -0.4 is 5.32 Å². The van der Waals surface area contributed by atoms with Gasteiger partial charge in [-0.15, -0.1) is 11.3 Å². The Labute approximate surface area is 82.6 Å². The van der Waals surface area contributed by atoms with E-state index in [9.17, 15) is 0 Å². The molecule has 0 aromatic carbocycles. The molecule has 1 aromatic rings. The maximum Gasteiger partial charge on any atom is 0.0626 e. The molecule has 1 aromatic heterocycles. The molecule has 72 valence electrons. The lowest BCUT2D eigenvalue weighted by atomic mass is 10.0. The van der Waals surface area contributed by atoms with E-state index in [-0.39, 0.29) is 12.6 Å². The van der Waals surface area contributed by atoms with Gasteiger partial charge in [0.05, 0.1) is 12.6 Å². The van der Waals surface area contributed by atoms with Gasteiger partial charge in [0.1, 0.15) is 0 Å². The van der Waals surface area contributed by atoms with Crippen molar-refractivity contribution >= 4 is 11.3 Å². The van der Waals surface area contributed by atoms with Crippen molar-refractivity contribution in [3.8, 4) is 0 Å². The van der Waals surface area contributed by atoms with Crippen molar-refractivity contribution in [2.45, 2.75) is 25.8 Å². The van der Waals surface area contributed by atoms with E-state index in [1.54, 1.807) is 0 Å². The lowest BCUT2D eigenvalue weighted by Gasteiger charge is -2.21. The number of thiophene rings is 1. The van der Waals surface area contributed by atoms with E-state index in [1.165, 1.54) is 15.3 Å². The van der Waals surface area contributed by atoms with Gasteiger partial charge in [-0.3, -0.25) is 0 Å². The molecule has 0 amide bonds. The minimum atomic E-state index is 0.181. The lowest BCUT2D eigenvalue weighted by Crippen LogP contribution is -2.30. The summed E-state index contributed by atoms with van der Waals surface area (Å²) in [5.41, 5.74) is 1.33. The summed E-state index contributed by atoms with van der Waals surface area (Å²) >= 11 is 1.90. The molecule has 0 aliphatic carbocycles. The normalized spacial score (nSPS) is 21.5. The van der Waals surface area contributed by atoms with Crippen LogP contribution in [0.5, 0.6) is 0 Å². The first-order chi connectivity index (χ1) is 6.35. The average molecular weight is 197 g/mol. The van der Waals surface area contributed by atoms with Crippen molar-refractivity contribution in [3.05, 3.63) is 21.4 Å². The third kappa shape index (κ3) is 1.64. The second-order valence-corrected chi connectivity index (χ2v) is 4.61. The Balaban J connectivity index is 2.32. The number of aliphatic hydroxyl groups excluding tert-OH is 1. The fourth-order valence-electron chi connectivity index (χ4n) is 1.80. The van der Waals surface area contributed by atoms with Crippen LogP contribution in [0.25, 0.3) is 0 Å². The summed E-state index contributed by atoms with van der Waals surface area (Å²) in [6.07, 6.45) is 2.23. The topological polar surface area (TPSA) is 32.3 Å². The molecule has 2 heterocycles.